The van der Waals surface area contributed by atoms with Crippen molar-refractivity contribution in [3.05, 3.63) is 47.5 Å². The van der Waals surface area contributed by atoms with E-state index in [-0.39, 0.29) is 23.4 Å². The van der Waals surface area contributed by atoms with Gasteiger partial charge in [0.05, 0.1) is 11.0 Å². The Hall–Kier alpha value is -2.35. The number of halogens is 1. The highest BCUT2D eigenvalue weighted by Gasteiger charge is 2.16. The molecule has 0 bridgehead atoms. The van der Waals surface area contributed by atoms with Gasteiger partial charge in [-0.3, -0.25) is 9.59 Å². The Morgan fingerprint density at radius 1 is 1.32 bits per heavy atom. The van der Waals surface area contributed by atoms with Crippen molar-refractivity contribution in [3.8, 4) is 0 Å². The summed E-state index contributed by atoms with van der Waals surface area (Å²) in [5.74, 6) is 0.476. The number of hydrogen-bond acceptors (Lipinski definition) is 5. The Bertz CT molecular complexity index is 718. The van der Waals surface area contributed by atoms with Crippen molar-refractivity contribution < 1.29 is 18.5 Å². The SMILES string of the molecule is Cc1cc(NC(=O)[C@H](C)SCC(=O)NCCc2ccc(F)cc2)no1. The second-order valence-corrected chi connectivity index (χ2v) is 6.82. The van der Waals surface area contributed by atoms with Gasteiger partial charge in [0, 0.05) is 12.6 Å². The van der Waals surface area contributed by atoms with Gasteiger partial charge in [-0.1, -0.05) is 17.3 Å². The summed E-state index contributed by atoms with van der Waals surface area (Å²) >= 11 is 1.23. The fraction of sp³-hybridized carbons (Fsp3) is 0.353. The van der Waals surface area contributed by atoms with Crippen LogP contribution < -0.4 is 10.6 Å². The Labute approximate surface area is 149 Å². The largest absolute Gasteiger partial charge is 0.360 e. The van der Waals surface area contributed by atoms with Crippen LogP contribution in [0, 0.1) is 12.7 Å². The Morgan fingerprint density at radius 2 is 2.04 bits per heavy atom. The molecule has 0 radical (unpaired) electrons. The minimum Gasteiger partial charge on any atom is -0.360 e. The molecule has 0 aliphatic heterocycles. The number of rotatable bonds is 8. The number of benzene rings is 1. The lowest BCUT2D eigenvalue weighted by atomic mass is 10.1. The smallest absolute Gasteiger partial charge is 0.238 e. The molecule has 0 spiro atoms. The van der Waals surface area contributed by atoms with Crippen molar-refractivity contribution in [2.75, 3.05) is 17.6 Å². The number of anilines is 1. The molecule has 0 aliphatic carbocycles. The van der Waals surface area contributed by atoms with E-state index in [2.05, 4.69) is 15.8 Å². The van der Waals surface area contributed by atoms with Gasteiger partial charge in [-0.25, -0.2) is 4.39 Å². The first-order valence-corrected chi connectivity index (χ1v) is 8.86. The molecule has 25 heavy (non-hydrogen) atoms. The topological polar surface area (TPSA) is 84.2 Å². The first-order valence-electron chi connectivity index (χ1n) is 7.81. The van der Waals surface area contributed by atoms with Gasteiger partial charge >= 0.3 is 0 Å². The lowest BCUT2D eigenvalue weighted by Gasteiger charge is -2.10. The average molecular weight is 365 g/mol. The molecule has 0 saturated carbocycles. The van der Waals surface area contributed by atoms with Crippen LogP contribution in [0.3, 0.4) is 0 Å². The highest BCUT2D eigenvalue weighted by atomic mass is 32.2. The summed E-state index contributed by atoms with van der Waals surface area (Å²) in [6.07, 6.45) is 0.623. The highest BCUT2D eigenvalue weighted by molar-refractivity contribution is 8.01. The van der Waals surface area contributed by atoms with Crippen molar-refractivity contribution >= 4 is 29.4 Å². The van der Waals surface area contributed by atoms with Crippen molar-refractivity contribution in [2.24, 2.45) is 0 Å². The van der Waals surface area contributed by atoms with Crippen LogP contribution in [0.5, 0.6) is 0 Å². The van der Waals surface area contributed by atoms with Gasteiger partial charge in [0.15, 0.2) is 5.82 Å². The highest BCUT2D eigenvalue weighted by Crippen LogP contribution is 2.14. The molecule has 1 atom stereocenters. The molecule has 2 amide bonds. The number of carbonyl (C=O) groups excluding carboxylic acids is 2. The molecular weight excluding hydrogens is 345 g/mol. The molecule has 0 saturated heterocycles. The van der Waals surface area contributed by atoms with E-state index in [0.717, 1.165) is 5.56 Å². The van der Waals surface area contributed by atoms with E-state index >= 15 is 0 Å². The molecule has 1 aromatic carbocycles. The van der Waals surface area contributed by atoms with Crippen LogP contribution in [0.4, 0.5) is 10.2 Å². The minimum atomic E-state index is -0.403. The van der Waals surface area contributed by atoms with Crippen molar-refractivity contribution in [1.29, 1.82) is 0 Å². The van der Waals surface area contributed by atoms with E-state index in [1.54, 1.807) is 32.0 Å². The number of thioether (sulfide) groups is 1. The molecule has 2 rings (SSSR count). The van der Waals surface area contributed by atoms with Crippen molar-refractivity contribution in [2.45, 2.75) is 25.5 Å². The van der Waals surface area contributed by atoms with E-state index in [9.17, 15) is 14.0 Å². The number of hydrogen-bond donors (Lipinski definition) is 2. The van der Waals surface area contributed by atoms with Crippen LogP contribution in [-0.4, -0.2) is 34.5 Å². The van der Waals surface area contributed by atoms with Crippen molar-refractivity contribution in [3.63, 3.8) is 0 Å². The summed E-state index contributed by atoms with van der Waals surface area (Å²) in [5, 5.41) is 8.70. The monoisotopic (exact) mass is 365 g/mol. The van der Waals surface area contributed by atoms with Gasteiger partial charge in [0.1, 0.15) is 11.6 Å². The number of nitrogens with one attached hydrogen (secondary N) is 2. The molecule has 2 N–H and O–H groups in total. The number of nitrogens with zero attached hydrogens (tertiary/aromatic N) is 1. The zero-order valence-electron chi connectivity index (χ0n) is 14.0. The zero-order chi connectivity index (χ0) is 18.2. The standard InChI is InChI=1S/C17H20FN3O3S/c1-11-9-15(21-24-11)20-17(23)12(2)25-10-16(22)19-8-7-13-3-5-14(18)6-4-13/h3-6,9,12H,7-8,10H2,1-2H3,(H,19,22)(H,20,21,23)/t12-/m0/s1. The molecule has 2 aromatic rings. The second kappa shape index (κ2) is 9.22. The van der Waals surface area contributed by atoms with Gasteiger partial charge < -0.3 is 15.2 Å². The molecule has 8 heteroatoms. The molecule has 6 nitrogen and oxygen atoms in total. The summed E-state index contributed by atoms with van der Waals surface area (Å²) in [5.41, 5.74) is 0.949. The van der Waals surface area contributed by atoms with Crippen LogP contribution in [0.1, 0.15) is 18.2 Å². The fourth-order valence-corrected chi connectivity index (χ4v) is 2.69. The maximum Gasteiger partial charge on any atom is 0.238 e. The first kappa shape index (κ1) is 19.0. The van der Waals surface area contributed by atoms with Crippen LogP contribution >= 0.6 is 11.8 Å². The molecule has 0 aliphatic rings. The lowest BCUT2D eigenvalue weighted by molar-refractivity contribution is -0.118. The number of aryl methyl sites for hydroxylation is 1. The van der Waals surface area contributed by atoms with Gasteiger partial charge in [-0.05, 0) is 38.0 Å². The normalized spacial score (nSPS) is 11.8. The van der Waals surface area contributed by atoms with E-state index in [1.165, 1.54) is 23.9 Å². The molecule has 1 heterocycles. The van der Waals surface area contributed by atoms with Gasteiger partial charge in [0.25, 0.3) is 0 Å². The third kappa shape index (κ3) is 6.58. The van der Waals surface area contributed by atoms with E-state index in [4.69, 9.17) is 4.52 Å². The van der Waals surface area contributed by atoms with E-state index < -0.39 is 5.25 Å². The molecule has 0 fully saturated rings. The predicted molar refractivity (Wildman–Crippen MR) is 94.9 cm³/mol. The number of carbonyl (C=O) groups is 2. The summed E-state index contributed by atoms with van der Waals surface area (Å²) in [6.45, 7) is 3.92. The lowest BCUT2D eigenvalue weighted by Crippen LogP contribution is -2.30. The number of aromatic nitrogens is 1. The van der Waals surface area contributed by atoms with Crippen LogP contribution in [-0.2, 0) is 16.0 Å². The summed E-state index contributed by atoms with van der Waals surface area (Å²) in [6, 6.07) is 7.79. The summed E-state index contributed by atoms with van der Waals surface area (Å²) in [7, 11) is 0. The second-order valence-electron chi connectivity index (χ2n) is 5.49. The third-order valence-corrected chi connectivity index (χ3v) is 4.50. The fourth-order valence-electron chi connectivity index (χ4n) is 1.98. The Morgan fingerprint density at radius 3 is 2.68 bits per heavy atom. The quantitative estimate of drug-likeness (QED) is 0.751. The molecule has 1 aromatic heterocycles. The molecule has 0 unspecified atom stereocenters. The predicted octanol–water partition coefficient (Wildman–Crippen LogP) is 2.54. The van der Waals surface area contributed by atoms with E-state index in [0.29, 0.717) is 24.5 Å². The van der Waals surface area contributed by atoms with Crippen LogP contribution in [0.15, 0.2) is 34.9 Å². The van der Waals surface area contributed by atoms with Gasteiger partial charge in [0.2, 0.25) is 11.8 Å². The maximum atomic E-state index is 12.8. The average Bonchev–Trinajstić information content (AvgIpc) is 2.99. The number of amides is 2. The first-order chi connectivity index (χ1) is 11.9. The maximum absolute atomic E-state index is 12.8. The summed E-state index contributed by atoms with van der Waals surface area (Å²) < 4.78 is 17.7. The Kier molecular flexibility index (Phi) is 7.00. The van der Waals surface area contributed by atoms with Crippen LogP contribution in [0.25, 0.3) is 0 Å². The van der Waals surface area contributed by atoms with Crippen molar-refractivity contribution in [1.82, 2.24) is 10.5 Å². The van der Waals surface area contributed by atoms with Gasteiger partial charge in [-0.15, -0.1) is 11.8 Å². The summed E-state index contributed by atoms with van der Waals surface area (Å²) in [4.78, 5) is 23.8. The van der Waals surface area contributed by atoms with Crippen LogP contribution in [0.2, 0.25) is 0 Å². The zero-order valence-corrected chi connectivity index (χ0v) is 14.9. The van der Waals surface area contributed by atoms with E-state index in [1.807, 2.05) is 0 Å². The minimum absolute atomic E-state index is 0.149. The molecule has 134 valence electrons. The molecular formula is C17H20FN3O3S. The Balaban J connectivity index is 1.64. The third-order valence-electron chi connectivity index (χ3n) is 3.36. The van der Waals surface area contributed by atoms with Gasteiger partial charge in [-0.2, -0.15) is 0 Å².